The third-order valence-electron chi connectivity index (χ3n) is 4.68. The molecular formula is C16H20N4O2. The molecule has 0 bridgehead atoms. The maximum atomic E-state index is 11.6. The summed E-state index contributed by atoms with van der Waals surface area (Å²) in [5.74, 6) is 0.931. The smallest absolute Gasteiger partial charge is 0.301 e. The van der Waals surface area contributed by atoms with Crippen molar-refractivity contribution in [2.24, 2.45) is 17.6 Å². The summed E-state index contributed by atoms with van der Waals surface area (Å²) < 4.78 is 0. The van der Waals surface area contributed by atoms with Gasteiger partial charge in [0.15, 0.2) is 0 Å². The SMILES string of the molecule is CC1CCN(c2ccc3ncccc3c2[N+](=O)[O-])CC1CN. The van der Waals surface area contributed by atoms with Crippen LogP contribution in [0.15, 0.2) is 30.5 Å². The number of aromatic nitrogens is 1. The number of fused-ring (bicyclic) bond motifs is 1. The monoisotopic (exact) mass is 300 g/mol. The van der Waals surface area contributed by atoms with E-state index in [0.717, 1.165) is 19.5 Å². The van der Waals surface area contributed by atoms with Gasteiger partial charge in [0.05, 0.1) is 15.8 Å². The van der Waals surface area contributed by atoms with Gasteiger partial charge in [-0.1, -0.05) is 6.92 Å². The van der Waals surface area contributed by atoms with Crippen LogP contribution in [0.4, 0.5) is 11.4 Å². The summed E-state index contributed by atoms with van der Waals surface area (Å²) in [4.78, 5) is 17.6. The summed E-state index contributed by atoms with van der Waals surface area (Å²) in [5.41, 5.74) is 7.33. The Balaban J connectivity index is 2.07. The minimum absolute atomic E-state index is 0.149. The number of anilines is 1. The van der Waals surface area contributed by atoms with E-state index in [2.05, 4.69) is 16.8 Å². The van der Waals surface area contributed by atoms with E-state index >= 15 is 0 Å². The maximum Gasteiger partial charge on any atom is 0.301 e. The second-order valence-corrected chi connectivity index (χ2v) is 5.97. The van der Waals surface area contributed by atoms with Crippen LogP contribution in [0.25, 0.3) is 10.9 Å². The van der Waals surface area contributed by atoms with Crippen LogP contribution in [0, 0.1) is 22.0 Å². The first-order valence-corrected chi connectivity index (χ1v) is 7.59. The molecule has 0 saturated carbocycles. The number of benzene rings is 1. The van der Waals surface area contributed by atoms with Crippen LogP contribution < -0.4 is 10.6 Å². The van der Waals surface area contributed by atoms with Crippen molar-refractivity contribution in [1.82, 2.24) is 4.98 Å². The normalized spacial score (nSPS) is 22.0. The van der Waals surface area contributed by atoms with Crippen LogP contribution >= 0.6 is 0 Å². The molecule has 0 amide bonds. The van der Waals surface area contributed by atoms with Crippen molar-refractivity contribution in [2.75, 3.05) is 24.5 Å². The highest BCUT2D eigenvalue weighted by Gasteiger charge is 2.30. The maximum absolute atomic E-state index is 11.6. The number of nitro benzene ring substituents is 1. The van der Waals surface area contributed by atoms with Crippen LogP contribution in [0.3, 0.4) is 0 Å². The Labute approximate surface area is 129 Å². The van der Waals surface area contributed by atoms with Gasteiger partial charge in [0.2, 0.25) is 0 Å². The Morgan fingerprint density at radius 2 is 2.27 bits per heavy atom. The Morgan fingerprint density at radius 3 is 3.00 bits per heavy atom. The number of piperidine rings is 1. The first-order chi connectivity index (χ1) is 10.6. The third kappa shape index (κ3) is 2.50. The van der Waals surface area contributed by atoms with Crippen LogP contribution in [0.1, 0.15) is 13.3 Å². The van der Waals surface area contributed by atoms with Crippen molar-refractivity contribution in [2.45, 2.75) is 13.3 Å². The Bertz CT molecular complexity index is 704. The van der Waals surface area contributed by atoms with Crippen molar-refractivity contribution in [3.63, 3.8) is 0 Å². The fourth-order valence-corrected chi connectivity index (χ4v) is 3.25. The molecular weight excluding hydrogens is 280 g/mol. The molecule has 1 aliphatic rings. The van der Waals surface area contributed by atoms with Gasteiger partial charge in [0, 0.05) is 19.3 Å². The van der Waals surface area contributed by atoms with Crippen molar-refractivity contribution >= 4 is 22.3 Å². The van der Waals surface area contributed by atoms with Gasteiger partial charge in [-0.25, -0.2) is 0 Å². The molecule has 1 fully saturated rings. The quantitative estimate of drug-likeness (QED) is 0.695. The Hall–Kier alpha value is -2.21. The number of hydrogen-bond acceptors (Lipinski definition) is 5. The number of nitrogens with zero attached hydrogens (tertiary/aromatic N) is 3. The molecule has 1 saturated heterocycles. The van der Waals surface area contributed by atoms with Crippen molar-refractivity contribution in [3.05, 3.63) is 40.6 Å². The van der Waals surface area contributed by atoms with Gasteiger partial charge in [-0.15, -0.1) is 0 Å². The molecule has 0 aliphatic carbocycles. The molecule has 116 valence electrons. The van der Waals surface area contributed by atoms with Crippen LogP contribution in [-0.4, -0.2) is 29.5 Å². The first-order valence-electron chi connectivity index (χ1n) is 7.59. The third-order valence-corrected chi connectivity index (χ3v) is 4.68. The molecule has 3 rings (SSSR count). The molecule has 6 heteroatoms. The summed E-state index contributed by atoms with van der Waals surface area (Å²) in [5, 5.41) is 12.2. The lowest BCUT2D eigenvalue weighted by molar-refractivity contribution is -0.382. The van der Waals surface area contributed by atoms with E-state index in [1.165, 1.54) is 0 Å². The summed E-state index contributed by atoms with van der Waals surface area (Å²) in [6.45, 7) is 4.41. The second-order valence-electron chi connectivity index (χ2n) is 5.97. The highest BCUT2D eigenvalue weighted by atomic mass is 16.6. The van der Waals surface area contributed by atoms with Crippen LogP contribution in [0.2, 0.25) is 0 Å². The van der Waals surface area contributed by atoms with Gasteiger partial charge in [-0.3, -0.25) is 15.1 Å². The fraction of sp³-hybridized carbons (Fsp3) is 0.438. The molecule has 1 aromatic carbocycles. The molecule has 22 heavy (non-hydrogen) atoms. The topological polar surface area (TPSA) is 85.3 Å². The molecule has 0 spiro atoms. The molecule has 1 aromatic heterocycles. The van der Waals surface area contributed by atoms with E-state index in [9.17, 15) is 10.1 Å². The van der Waals surface area contributed by atoms with E-state index in [4.69, 9.17) is 5.73 Å². The van der Waals surface area contributed by atoms with Gasteiger partial charge < -0.3 is 10.6 Å². The van der Waals surface area contributed by atoms with Crippen molar-refractivity contribution in [1.29, 1.82) is 0 Å². The lowest BCUT2D eigenvalue weighted by Crippen LogP contribution is -2.42. The Kier molecular flexibility index (Phi) is 3.94. The van der Waals surface area contributed by atoms with E-state index < -0.39 is 0 Å². The van der Waals surface area contributed by atoms with Gasteiger partial charge in [0.1, 0.15) is 5.69 Å². The number of pyridine rings is 1. The molecule has 1 aliphatic heterocycles. The van der Waals surface area contributed by atoms with Crippen molar-refractivity contribution < 1.29 is 4.92 Å². The molecule has 6 nitrogen and oxygen atoms in total. The minimum atomic E-state index is -0.297. The average Bonchev–Trinajstić information content (AvgIpc) is 2.54. The largest absolute Gasteiger partial charge is 0.366 e. The first kappa shape index (κ1) is 14.7. The minimum Gasteiger partial charge on any atom is -0.366 e. The highest BCUT2D eigenvalue weighted by Crippen LogP contribution is 2.37. The number of nitro groups is 1. The fourth-order valence-electron chi connectivity index (χ4n) is 3.25. The summed E-state index contributed by atoms with van der Waals surface area (Å²) in [7, 11) is 0. The van der Waals surface area contributed by atoms with Gasteiger partial charge in [-0.2, -0.15) is 0 Å². The zero-order valence-electron chi connectivity index (χ0n) is 12.6. The van der Waals surface area contributed by atoms with E-state index in [0.29, 0.717) is 35.0 Å². The molecule has 2 aromatic rings. The van der Waals surface area contributed by atoms with Gasteiger partial charge >= 0.3 is 5.69 Å². The molecule has 0 radical (unpaired) electrons. The van der Waals surface area contributed by atoms with Crippen LogP contribution in [0.5, 0.6) is 0 Å². The van der Waals surface area contributed by atoms with E-state index in [-0.39, 0.29) is 10.6 Å². The predicted octanol–water partition coefficient (Wildman–Crippen LogP) is 2.56. The predicted molar refractivity (Wildman–Crippen MR) is 86.9 cm³/mol. The Morgan fingerprint density at radius 1 is 1.45 bits per heavy atom. The zero-order chi connectivity index (χ0) is 15.7. The summed E-state index contributed by atoms with van der Waals surface area (Å²) >= 11 is 0. The molecule has 2 unspecified atom stereocenters. The van der Waals surface area contributed by atoms with Gasteiger partial charge in [0.25, 0.3) is 0 Å². The number of rotatable bonds is 3. The zero-order valence-corrected chi connectivity index (χ0v) is 12.6. The average molecular weight is 300 g/mol. The summed E-state index contributed by atoms with van der Waals surface area (Å²) in [6.07, 6.45) is 2.66. The standard InChI is InChI=1S/C16H20N4O2/c1-11-6-8-19(10-12(11)9-17)15-5-4-14-13(3-2-7-18-14)16(15)20(21)22/h2-5,7,11-12H,6,8-10,17H2,1H3. The second kappa shape index (κ2) is 5.88. The molecule has 2 heterocycles. The summed E-state index contributed by atoms with van der Waals surface area (Å²) in [6, 6.07) is 7.17. The lowest BCUT2D eigenvalue weighted by Gasteiger charge is -2.37. The molecule has 2 atom stereocenters. The number of hydrogen-bond donors (Lipinski definition) is 1. The van der Waals surface area contributed by atoms with Crippen LogP contribution in [-0.2, 0) is 0 Å². The molecule has 2 N–H and O–H groups in total. The highest BCUT2D eigenvalue weighted by molar-refractivity contribution is 5.94. The lowest BCUT2D eigenvalue weighted by atomic mass is 9.87. The van der Waals surface area contributed by atoms with E-state index in [1.807, 2.05) is 12.1 Å². The van der Waals surface area contributed by atoms with Gasteiger partial charge in [-0.05, 0) is 49.1 Å². The van der Waals surface area contributed by atoms with E-state index in [1.54, 1.807) is 18.3 Å². The number of nitrogens with two attached hydrogens (primary N) is 1. The van der Waals surface area contributed by atoms with Crippen molar-refractivity contribution in [3.8, 4) is 0 Å².